The van der Waals surface area contributed by atoms with E-state index in [4.69, 9.17) is 0 Å². The highest BCUT2D eigenvalue weighted by molar-refractivity contribution is 7.89. The lowest BCUT2D eigenvalue weighted by Crippen LogP contribution is -2.48. The van der Waals surface area contributed by atoms with Gasteiger partial charge in [-0.05, 0) is 31.0 Å². The minimum absolute atomic E-state index is 0.0577. The maximum atomic E-state index is 12.9. The normalized spacial score (nSPS) is 19.6. The number of rotatable bonds is 6. The molecule has 2 aliphatic rings. The van der Waals surface area contributed by atoms with Gasteiger partial charge in [0.15, 0.2) is 0 Å². The van der Waals surface area contributed by atoms with Crippen molar-refractivity contribution >= 4 is 15.9 Å². The average Bonchev–Trinajstić information content (AvgIpc) is 2.60. The molecule has 6 nitrogen and oxygen atoms in total. The lowest BCUT2D eigenvalue weighted by molar-refractivity contribution is 0.0942. The van der Waals surface area contributed by atoms with Crippen molar-refractivity contribution < 1.29 is 13.2 Å². The van der Waals surface area contributed by atoms with Gasteiger partial charge in [-0.15, -0.1) is 0 Å². The summed E-state index contributed by atoms with van der Waals surface area (Å²) < 4.78 is 27.3. The van der Waals surface area contributed by atoms with E-state index in [1.54, 1.807) is 25.2 Å². The number of benzene rings is 1. The lowest BCUT2D eigenvalue weighted by Gasteiger charge is -2.30. The molecule has 1 amide bonds. The highest BCUT2D eigenvalue weighted by atomic mass is 32.2. The van der Waals surface area contributed by atoms with Crippen molar-refractivity contribution in [2.75, 3.05) is 26.7 Å². The molecule has 138 valence electrons. The van der Waals surface area contributed by atoms with E-state index >= 15 is 0 Å². The van der Waals surface area contributed by atoms with Gasteiger partial charge >= 0.3 is 0 Å². The van der Waals surface area contributed by atoms with E-state index in [1.165, 1.54) is 16.8 Å². The Bertz CT molecular complexity index is 710. The summed E-state index contributed by atoms with van der Waals surface area (Å²) >= 11 is 0. The van der Waals surface area contributed by atoms with Gasteiger partial charge in [0.2, 0.25) is 10.0 Å². The number of carbonyl (C=O) groups excluding carboxylic acids is 1. The zero-order valence-electron chi connectivity index (χ0n) is 14.7. The number of hydrogen-bond acceptors (Lipinski definition) is 4. The predicted octanol–water partition coefficient (Wildman–Crippen LogP) is 1.59. The van der Waals surface area contributed by atoms with Crippen molar-refractivity contribution in [1.82, 2.24) is 14.9 Å². The zero-order valence-corrected chi connectivity index (χ0v) is 15.5. The molecule has 25 heavy (non-hydrogen) atoms. The van der Waals surface area contributed by atoms with E-state index in [2.05, 4.69) is 10.6 Å². The second-order valence-electron chi connectivity index (χ2n) is 7.08. The van der Waals surface area contributed by atoms with Crippen molar-refractivity contribution in [2.24, 2.45) is 5.92 Å². The van der Waals surface area contributed by atoms with E-state index < -0.39 is 10.0 Å². The predicted molar refractivity (Wildman–Crippen MR) is 97.0 cm³/mol. The van der Waals surface area contributed by atoms with Crippen molar-refractivity contribution in [3.63, 3.8) is 0 Å². The molecule has 7 heteroatoms. The highest BCUT2D eigenvalue weighted by Gasteiger charge is 2.29. The van der Waals surface area contributed by atoms with Gasteiger partial charge in [0, 0.05) is 44.2 Å². The summed E-state index contributed by atoms with van der Waals surface area (Å²) in [7, 11) is -1.92. The molecule has 0 radical (unpaired) electrons. The van der Waals surface area contributed by atoms with Crippen molar-refractivity contribution in [3.05, 3.63) is 29.8 Å². The minimum atomic E-state index is -3.58. The molecule has 0 atom stereocenters. The third-order valence-electron chi connectivity index (χ3n) is 5.28. The largest absolute Gasteiger partial charge is 0.352 e. The van der Waals surface area contributed by atoms with Crippen LogP contribution in [0.1, 0.15) is 42.5 Å². The minimum Gasteiger partial charge on any atom is -0.352 e. The standard InChI is InChI=1S/C18H27N3O3S/c1-21(16-7-3-2-4-8-16)25(23,24)17-9-5-6-15(10-17)18(22)20-13-14-11-19-12-14/h5-6,9-10,14,16,19H,2-4,7-8,11-13H2,1H3,(H,20,22). The fourth-order valence-corrected chi connectivity index (χ4v) is 4.90. The Morgan fingerprint density at radius 3 is 2.60 bits per heavy atom. The van der Waals surface area contributed by atoms with E-state index in [9.17, 15) is 13.2 Å². The van der Waals surface area contributed by atoms with Crippen molar-refractivity contribution in [2.45, 2.75) is 43.0 Å². The van der Waals surface area contributed by atoms with Gasteiger partial charge in [-0.2, -0.15) is 4.31 Å². The van der Waals surface area contributed by atoms with E-state index in [0.717, 1.165) is 38.8 Å². The van der Waals surface area contributed by atoms with Gasteiger partial charge in [0.25, 0.3) is 5.91 Å². The Kier molecular flexibility index (Phi) is 5.76. The topological polar surface area (TPSA) is 78.5 Å². The van der Waals surface area contributed by atoms with Crippen LogP contribution >= 0.6 is 0 Å². The molecular weight excluding hydrogens is 338 g/mol. The van der Waals surface area contributed by atoms with Gasteiger partial charge in [-0.1, -0.05) is 25.3 Å². The summed E-state index contributed by atoms with van der Waals surface area (Å²) in [6.45, 7) is 2.45. The fourth-order valence-electron chi connectivity index (χ4n) is 3.44. The number of amides is 1. The molecule has 3 rings (SSSR count). The summed E-state index contributed by atoms with van der Waals surface area (Å²) in [5.41, 5.74) is 0.394. The molecule has 0 unspecified atom stereocenters. The molecule has 2 fully saturated rings. The van der Waals surface area contributed by atoms with Gasteiger partial charge < -0.3 is 10.6 Å². The molecule has 1 heterocycles. The van der Waals surface area contributed by atoms with Crippen LogP contribution in [0.3, 0.4) is 0 Å². The van der Waals surface area contributed by atoms with Crippen LogP contribution in [0.5, 0.6) is 0 Å². The molecule has 0 aromatic heterocycles. The van der Waals surface area contributed by atoms with E-state index in [1.807, 2.05) is 0 Å². The molecule has 1 aromatic carbocycles. The molecule has 0 spiro atoms. The maximum absolute atomic E-state index is 12.9. The van der Waals surface area contributed by atoms with Crippen LogP contribution in [0.15, 0.2) is 29.2 Å². The van der Waals surface area contributed by atoms with Gasteiger partial charge in [0.05, 0.1) is 4.90 Å². The first-order valence-electron chi connectivity index (χ1n) is 9.05. The first kappa shape index (κ1) is 18.4. The first-order chi connectivity index (χ1) is 12.0. The van der Waals surface area contributed by atoms with Crippen LogP contribution in [0, 0.1) is 5.92 Å². The summed E-state index contributed by atoms with van der Waals surface area (Å²) in [6, 6.07) is 6.42. The first-order valence-corrected chi connectivity index (χ1v) is 10.5. The third kappa shape index (κ3) is 4.22. The average molecular weight is 365 g/mol. The van der Waals surface area contributed by atoms with Crippen LogP contribution in [-0.4, -0.2) is 51.4 Å². The molecule has 1 saturated carbocycles. The number of hydrogen-bond donors (Lipinski definition) is 2. The Balaban J connectivity index is 1.71. The smallest absolute Gasteiger partial charge is 0.251 e. The summed E-state index contributed by atoms with van der Waals surface area (Å²) in [5.74, 6) is 0.248. The highest BCUT2D eigenvalue weighted by Crippen LogP contribution is 2.26. The van der Waals surface area contributed by atoms with Crippen molar-refractivity contribution in [1.29, 1.82) is 0 Å². The fraction of sp³-hybridized carbons (Fsp3) is 0.611. The van der Waals surface area contributed by atoms with Crippen LogP contribution in [0.4, 0.5) is 0 Å². The Morgan fingerprint density at radius 2 is 1.96 bits per heavy atom. The number of nitrogens with one attached hydrogen (secondary N) is 2. The zero-order chi connectivity index (χ0) is 17.9. The van der Waals surface area contributed by atoms with E-state index in [-0.39, 0.29) is 16.8 Å². The Hall–Kier alpha value is -1.44. The molecular formula is C18H27N3O3S. The van der Waals surface area contributed by atoms with Crippen LogP contribution in [0.25, 0.3) is 0 Å². The van der Waals surface area contributed by atoms with E-state index in [0.29, 0.717) is 18.0 Å². The third-order valence-corrected chi connectivity index (χ3v) is 7.19. The summed E-state index contributed by atoms with van der Waals surface area (Å²) in [4.78, 5) is 12.5. The summed E-state index contributed by atoms with van der Waals surface area (Å²) in [5, 5.41) is 6.05. The second-order valence-corrected chi connectivity index (χ2v) is 9.07. The van der Waals surface area contributed by atoms with Crippen LogP contribution < -0.4 is 10.6 Å². The maximum Gasteiger partial charge on any atom is 0.251 e. The quantitative estimate of drug-likeness (QED) is 0.802. The molecule has 1 aromatic rings. The van der Waals surface area contributed by atoms with Crippen LogP contribution in [-0.2, 0) is 10.0 Å². The molecule has 2 N–H and O–H groups in total. The monoisotopic (exact) mass is 365 g/mol. The van der Waals surface area contributed by atoms with Crippen LogP contribution in [0.2, 0.25) is 0 Å². The molecule has 1 aliphatic heterocycles. The molecule has 1 saturated heterocycles. The summed E-state index contributed by atoms with van der Waals surface area (Å²) in [6.07, 6.45) is 5.14. The van der Waals surface area contributed by atoms with Gasteiger partial charge in [-0.25, -0.2) is 8.42 Å². The number of sulfonamides is 1. The lowest BCUT2D eigenvalue weighted by atomic mass is 9.96. The Morgan fingerprint density at radius 1 is 1.24 bits per heavy atom. The number of nitrogens with zero attached hydrogens (tertiary/aromatic N) is 1. The van der Waals surface area contributed by atoms with Gasteiger partial charge in [-0.3, -0.25) is 4.79 Å². The molecule has 1 aliphatic carbocycles. The SMILES string of the molecule is CN(C1CCCCC1)S(=O)(=O)c1cccc(C(=O)NCC2CNC2)c1. The Labute approximate surface area is 150 Å². The van der Waals surface area contributed by atoms with Crippen molar-refractivity contribution in [3.8, 4) is 0 Å². The number of carbonyl (C=O) groups is 1. The molecule has 0 bridgehead atoms. The second kappa shape index (κ2) is 7.85. The van der Waals surface area contributed by atoms with Gasteiger partial charge in [0.1, 0.15) is 0 Å².